The van der Waals surface area contributed by atoms with Gasteiger partial charge in [0.05, 0.1) is 51.6 Å². The molecule has 0 radical (unpaired) electrons. The van der Waals surface area contributed by atoms with E-state index in [9.17, 15) is 28.8 Å². The van der Waals surface area contributed by atoms with Gasteiger partial charge in [0.2, 0.25) is 0 Å². The molecule has 0 saturated carbocycles. The van der Waals surface area contributed by atoms with Gasteiger partial charge in [0.25, 0.3) is 0 Å². The molecule has 11 nitrogen and oxygen atoms in total. The molecule has 0 amide bonds. The molecule has 0 unspecified atom stereocenters. The molecule has 0 aromatic heterocycles. The lowest BCUT2D eigenvalue weighted by molar-refractivity contribution is -0.149. The molecule has 1 N–H and O–H groups in total. The number of aliphatic hydroxyl groups is 1. The lowest BCUT2D eigenvalue weighted by Crippen LogP contribution is -2.30. The summed E-state index contributed by atoms with van der Waals surface area (Å²) in [5, 5.41) is 8.81. The predicted molar refractivity (Wildman–Crippen MR) is 569 cm³/mol. The van der Waals surface area contributed by atoms with Crippen LogP contribution in [0.4, 0.5) is 0 Å². The molecule has 1 aliphatic rings. The minimum Gasteiger partial charge on any atom is -0.465 e. The topological polar surface area (TPSA) is 160 Å². The van der Waals surface area contributed by atoms with Crippen molar-refractivity contribution in [3.05, 3.63) is 192 Å². The highest BCUT2D eigenvalue weighted by Gasteiger charge is 2.30. The first-order chi connectivity index (χ1) is 59.8. The van der Waals surface area contributed by atoms with Gasteiger partial charge in [-0.2, -0.15) is 0 Å². The lowest BCUT2D eigenvalue weighted by atomic mass is 9.98. The fourth-order valence-electron chi connectivity index (χ4n) is 10.6. The van der Waals surface area contributed by atoms with Gasteiger partial charge in [0.15, 0.2) is 0 Å². The van der Waals surface area contributed by atoms with E-state index >= 15 is 0 Å². The highest BCUT2D eigenvalue weighted by Crippen LogP contribution is 2.44. The normalized spacial score (nSPS) is 10.9. The number of carbonyl (C=O) groups is 6. The van der Waals surface area contributed by atoms with Gasteiger partial charge in [-0.15, -0.1) is 6.58 Å². The minimum atomic E-state index is -0.844. The van der Waals surface area contributed by atoms with Crippen LogP contribution in [0.25, 0.3) is 11.1 Å². The van der Waals surface area contributed by atoms with E-state index < -0.39 is 8.07 Å². The van der Waals surface area contributed by atoms with E-state index in [-0.39, 0.29) is 77.7 Å². The Balaban J connectivity index is -0.000000208. The first-order valence-electron chi connectivity index (χ1n) is 49.6. The van der Waals surface area contributed by atoms with Crippen molar-refractivity contribution in [3.63, 3.8) is 0 Å². The van der Waals surface area contributed by atoms with Crippen molar-refractivity contribution in [2.24, 2.45) is 101 Å². The summed E-state index contributed by atoms with van der Waals surface area (Å²) in [5.41, 5.74) is 11.0. The van der Waals surface area contributed by atoms with Crippen LogP contribution in [0.2, 0.25) is 24.7 Å². The third-order valence-electron chi connectivity index (χ3n) is 18.8. The van der Waals surface area contributed by atoms with Crippen LogP contribution < -0.4 is 0 Å². The maximum atomic E-state index is 11.7. The van der Waals surface area contributed by atoms with Crippen molar-refractivity contribution in [2.45, 2.75) is 378 Å². The van der Waals surface area contributed by atoms with E-state index in [4.69, 9.17) is 24.1 Å². The van der Waals surface area contributed by atoms with E-state index in [1.165, 1.54) is 70.7 Å². The van der Waals surface area contributed by atoms with Gasteiger partial charge >= 0.3 is 23.9 Å². The van der Waals surface area contributed by atoms with Crippen LogP contribution in [0.5, 0.6) is 0 Å². The number of aliphatic hydroxyl groups excluding tert-OH is 1. The Hall–Kier alpha value is -7.02. The van der Waals surface area contributed by atoms with E-state index in [1.807, 2.05) is 132 Å². The summed E-state index contributed by atoms with van der Waals surface area (Å²) in [7, 11) is -0.844. The van der Waals surface area contributed by atoms with Crippen molar-refractivity contribution in [1.29, 1.82) is 0 Å². The second-order valence-corrected chi connectivity index (χ2v) is 47.5. The molecule has 0 heterocycles. The number of fused-ring (bicyclic) bond motifs is 3. The average Bonchev–Trinajstić information content (AvgIpc) is 1.62. The molecule has 6 rings (SSSR count). The molecule has 0 fully saturated rings. The maximum absolute atomic E-state index is 11.7. The summed E-state index contributed by atoms with van der Waals surface area (Å²) in [6.07, 6.45) is 14.5. The number of hydrogen-bond acceptors (Lipinski definition) is 11. The van der Waals surface area contributed by atoms with E-state index in [2.05, 4.69) is 290 Å². The van der Waals surface area contributed by atoms with Crippen molar-refractivity contribution in [1.82, 2.24) is 0 Å². The number of rotatable bonds is 33. The smallest absolute Gasteiger partial charge is 0.308 e. The van der Waals surface area contributed by atoms with Gasteiger partial charge in [-0.05, 0) is 161 Å². The van der Waals surface area contributed by atoms with Gasteiger partial charge in [0.1, 0.15) is 24.8 Å². The molecular formula is C117H206O11Si. The first-order valence-corrected chi connectivity index (χ1v) is 52.9. The number of Topliss-reactive ketones (excluding diaryl/α,β-unsaturated/α-hetero) is 2. The van der Waals surface area contributed by atoms with Gasteiger partial charge in [-0.25, -0.2) is 0 Å². The Bertz CT molecular complexity index is 3380. The number of aryl methyl sites for hydroxylation is 1. The molecule has 12 heteroatoms. The third-order valence-corrected chi connectivity index (χ3v) is 23.7. The summed E-state index contributed by atoms with van der Waals surface area (Å²) in [6, 6.07) is 47.1. The van der Waals surface area contributed by atoms with E-state index in [1.54, 1.807) is 26.8 Å². The zero-order chi connectivity index (χ0) is 102. The number of benzene rings is 5. The van der Waals surface area contributed by atoms with Crippen LogP contribution in [-0.4, -0.2) is 75.1 Å². The van der Waals surface area contributed by atoms with E-state index in [0.717, 1.165) is 96.5 Å². The number of hydrogen-bond donors (Lipinski definition) is 1. The largest absolute Gasteiger partial charge is 0.465 e. The Labute approximate surface area is 800 Å². The number of carbonyl (C=O) groups excluding carboxylic acids is 6. The van der Waals surface area contributed by atoms with Gasteiger partial charge in [-0.1, -0.05) is 460 Å². The Morgan fingerprint density at radius 1 is 0.388 bits per heavy atom. The number of ketones is 2. The Morgan fingerprint density at radius 3 is 1.03 bits per heavy atom. The first kappa shape index (κ1) is 137. The molecular weight excluding hydrogens is 1610 g/mol. The molecule has 0 aliphatic heterocycles. The van der Waals surface area contributed by atoms with Crippen LogP contribution >= 0.6 is 0 Å². The minimum absolute atomic E-state index is 0.00116. The Morgan fingerprint density at radius 2 is 0.744 bits per heavy atom. The fourth-order valence-corrected chi connectivity index (χ4v) is 13.2. The third kappa shape index (κ3) is 95.4. The lowest BCUT2D eigenvalue weighted by Gasteiger charge is -2.28. The predicted octanol–water partition coefficient (Wildman–Crippen LogP) is 33.6. The van der Waals surface area contributed by atoms with E-state index in [0.29, 0.717) is 50.5 Å². The summed E-state index contributed by atoms with van der Waals surface area (Å²) >= 11 is 0. The molecule has 744 valence electrons. The van der Waals surface area contributed by atoms with Crippen LogP contribution in [-0.2, 0) is 73.6 Å². The molecule has 0 spiro atoms. The fraction of sp³-hybridized carbons (Fsp3) is 0.658. The van der Waals surface area contributed by atoms with Crippen molar-refractivity contribution < 1.29 is 52.8 Å². The number of allylic oxidation sites excluding steroid dienone is 1. The van der Waals surface area contributed by atoms with Crippen molar-refractivity contribution in [3.8, 4) is 11.1 Å². The van der Waals surface area contributed by atoms with Crippen molar-refractivity contribution in [2.75, 3.05) is 26.4 Å². The SMILES string of the molecule is C=CCC(C)C.C=CCOC(=O)C(C)C.CC(=O)C(C)C.CC(C)C.CC(C)C.CC(C)C(=O)CCc1ccccc1.CC(C)C(=O)OCC1c2ccccc2-c2ccccc21.CC(C)CC(C)C.CC(C)CCCCOC(=O)C(C)C.CC(C)COC(=O)C(C)C.CC(C)C[Si](C)(C)C(C)C.CC(C)Cc1ccc(CO)cc1.CC(C)Cc1ccccc1.CCC(C)C. The summed E-state index contributed by atoms with van der Waals surface area (Å²) in [5.74, 6) is 9.17. The highest BCUT2D eigenvalue weighted by molar-refractivity contribution is 6.78. The van der Waals surface area contributed by atoms with Crippen LogP contribution in [0.3, 0.4) is 0 Å². The molecule has 5 aromatic rings. The number of esters is 4. The molecule has 129 heavy (non-hydrogen) atoms. The molecule has 0 atom stereocenters. The number of ether oxygens (including phenoxy) is 4. The summed E-state index contributed by atoms with van der Waals surface area (Å²) < 4.78 is 20.1. The molecule has 5 aromatic carbocycles. The summed E-state index contributed by atoms with van der Waals surface area (Å²) in [6.45, 7) is 97.8. The molecule has 1 aliphatic carbocycles. The van der Waals surface area contributed by atoms with Gasteiger partial charge in [-0.3, -0.25) is 28.8 Å². The van der Waals surface area contributed by atoms with Crippen LogP contribution in [0.1, 0.15) is 361 Å². The monoisotopic (exact) mass is 1820 g/mol. The Kier molecular flexibility index (Phi) is 92.0. The highest BCUT2D eigenvalue weighted by atomic mass is 28.3. The summed E-state index contributed by atoms with van der Waals surface area (Å²) in [4.78, 5) is 65.6. The van der Waals surface area contributed by atoms with Crippen molar-refractivity contribution >= 4 is 43.5 Å². The molecule has 0 saturated heterocycles. The zero-order valence-corrected chi connectivity index (χ0v) is 92.6. The van der Waals surface area contributed by atoms with Gasteiger partial charge < -0.3 is 24.1 Å². The average molecular weight is 1820 g/mol. The van der Waals surface area contributed by atoms with Gasteiger partial charge in [0, 0.05) is 24.2 Å². The zero-order valence-electron chi connectivity index (χ0n) is 91.6. The van der Waals surface area contributed by atoms with Crippen LogP contribution in [0, 0.1) is 101 Å². The molecule has 0 bridgehead atoms. The maximum Gasteiger partial charge on any atom is 0.308 e. The number of unbranched alkanes of at least 4 members (excludes halogenated alkanes) is 1. The van der Waals surface area contributed by atoms with Crippen LogP contribution in [0.15, 0.2) is 159 Å². The quantitative estimate of drug-likeness (QED) is 0.0140. The standard InChI is InChI=1S/C18H18O2.C12H16O.C11H22O2.C11H16O.C10H14.C9H22Si.C8H16O2.C7H12O2.C7H16.C6H12.C5H10O.C5H12.2C4H10/c1-12(2)18(19)20-11-17-15-9-5-3-7-13(15)14-8-4-6-10-16(14)17;1-10(2)12(13)9-8-11-6-4-3-5-7-11;1-9(2)7-5-6-8-13-11(12)10(3)4;1-9(2)7-10-3-5-11(8-12)6-4-10;1-9(2)8-10-6-4-3-5-7-10;1-8(2)7-10(5,6)9(3)4;1-6(2)5-10-8(9)7(3)4;1-4-5-9-7(8)6(2)3;1-6(2)5-7(3)4;1-4-5-6(2)3;1-4(2)5(3)6;1-4-5(2)3;2*1-4(2)3/h3-10,12,17H,11H2,1-2H3;3-7,10H,8-9H2,1-2H3;9-10H,5-8H2,1-4H3;3-6,9,12H,7-8H2,1-2H3;3-7,9H,8H2,1-2H3;8-9H,7H2,1-6H3;6-7H,5H2,1-4H3;4,6H,1,5H2,2-3H3;6-7H,5H2,1-4H3;4,6H,1,5H2,2-3H3;4H,1-3H3;5H,4H2,1-3H3;2*4H,1-3H3. The second-order valence-electron chi connectivity index (χ2n) is 42.0. The second kappa shape index (κ2) is 86.4.